The van der Waals surface area contributed by atoms with E-state index in [4.69, 9.17) is 5.11 Å². The van der Waals surface area contributed by atoms with E-state index in [-0.39, 0.29) is 17.3 Å². The average molecular weight is 299 g/mol. The summed E-state index contributed by atoms with van der Waals surface area (Å²) in [5.41, 5.74) is 0.178. The van der Waals surface area contributed by atoms with E-state index in [9.17, 15) is 13.2 Å². The molecule has 10 heteroatoms. The Balaban J connectivity index is 2.15. The Hall–Kier alpha value is -2.36. The number of sulfonamides is 1. The summed E-state index contributed by atoms with van der Waals surface area (Å²) < 4.78 is 29.1. The van der Waals surface area contributed by atoms with Crippen molar-refractivity contribution in [3.05, 3.63) is 24.9 Å². The number of aliphatic carboxylic acids is 1. The Morgan fingerprint density at radius 1 is 1.45 bits per heavy atom. The molecule has 0 aliphatic heterocycles. The van der Waals surface area contributed by atoms with Crippen molar-refractivity contribution in [1.82, 2.24) is 19.3 Å². The van der Waals surface area contributed by atoms with Crippen LogP contribution in [0.2, 0.25) is 0 Å². The number of nitrogens with one attached hydrogen (secondary N) is 1. The van der Waals surface area contributed by atoms with Gasteiger partial charge in [-0.2, -0.15) is 13.5 Å². The van der Waals surface area contributed by atoms with Gasteiger partial charge in [0, 0.05) is 18.9 Å². The van der Waals surface area contributed by atoms with Crippen LogP contribution >= 0.6 is 0 Å². The third-order valence-corrected chi connectivity index (χ3v) is 3.70. The quantitative estimate of drug-likeness (QED) is 0.774. The van der Waals surface area contributed by atoms with Crippen molar-refractivity contribution in [1.29, 1.82) is 0 Å². The Morgan fingerprint density at radius 3 is 2.80 bits per heavy atom. The normalized spacial score (nSPS) is 11.4. The highest BCUT2D eigenvalue weighted by Gasteiger charge is 2.18. The molecule has 2 aromatic rings. The molecule has 0 spiro atoms. The molecule has 108 valence electrons. The lowest BCUT2D eigenvalue weighted by Crippen LogP contribution is -2.13. The Kier molecular flexibility index (Phi) is 3.74. The Labute approximate surface area is 114 Å². The van der Waals surface area contributed by atoms with Crippen LogP contribution < -0.4 is 4.72 Å². The molecule has 20 heavy (non-hydrogen) atoms. The summed E-state index contributed by atoms with van der Waals surface area (Å²) in [6.07, 6.45) is 5.35. The maximum Gasteiger partial charge on any atom is 0.325 e. The lowest BCUT2D eigenvalue weighted by Gasteiger charge is -2.02. The maximum absolute atomic E-state index is 12.0. The number of anilines is 1. The first-order valence-corrected chi connectivity index (χ1v) is 7.18. The van der Waals surface area contributed by atoms with Crippen LogP contribution in [-0.4, -0.2) is 38.8 Å². The van der Waals surface area contributed by atoms with Gasteiger partial charge in [0.2, 0.25) is 0 Å². The number of aryl methyl sites for hydroxylation is 1. The second-order valence-corrected chi connectivity index (χ2v) is 5.60. The summed E-state index contributed by atoms with van der Waals surface area (Å²) in [6, 6.07) is 0. The molecular formula is C10H13N5O4S. The molecule has 0 saturated heterocycles. The predicted octanol–water partition coefficient (Wildman–Crippen LogP) is -0.0151. The smallest absolute Gasteiger partial charge is 0.325 e. The van der Waals surface area contributed by atoms with E-state index in [2.05, 4.69) is 14.8 Å². The highest BCUT2D eigenvalue weighted by atomic mass is 32.2. The number of carboxylic acid groups (broad SMARTS) is 1. The van der Waals surface area contributed by atoms with Crippen LogP contribution in [0.4, 0.5) is 5.69 Å². The van der Waals surface area contributed by atoms with Gasteiger partial charge in [-0.05, 0) is 6.92 Å². The van der Waals surface area contributed by atoms with E-state index in [0.29, 0.717) is 6.54 Å². The number of imidazole rings is 1. The van der Waals surface area contributed by atoms with Crippen LogP contribution in [0.1, 0.15) is 6.92 Å². The first kappa shape index (κ1) is 14.1. The molecule has 0 unspecified atom stereocenters. The number of hydrogen-bond donors (Lipinski definition) is 2. The van der Waals surface area contributed by atoms with E-state index < -0.39 is 16.0 Å². The van der Waals surface area contributed by atoms with Crippen molar-refractivity contribution in [3.63, 3.8) is 0 Å². The van der Waals surface area contributed by atoms with Crippen LogP contribution in [0.15, 0.2) is 29.9 Å². The van der Waals surface area contributed by atoms with Gasteiger partial charge in [-0.1, -0.05) is 0 Å². The van der Waals surface area contributed by atoms with Gasteiger partial charge >= 0.3 is 5.97 Å². The predicted molar refractivity (Wildman–Crippen MR) is 68.6 cm³/mol. The van der Waals surface area contributed by atoms with Crippen molar-refractivity contribution in [2.45, 2.75) is 25.0 Å². The van der Waals surface area contributed by atoms with Gasteiger partial charge < -0.3 is 9.67 Å². The molecule has 0 aliphatic rings. The SMILES string of the molecule is CCn1cnc(S(=O)(=O)Nc2cnn(CC(=O)O)c2)c1. The van der Waals surface area contributed by atoms with E-state index in [0.717, 1.165) is 4.68 Å². The van der Waals surface area contributed by atoms with Crippen molar-refractivity contribution >= 4 is 21.7 Å². The van der Waals surface area contributed by atoms with Crippen molar-refractivity contribution in [3.8, 4) is 0 Å². The Morgan fingerprint density at radius 2 is 2.20 bits per heavy atom. The van der Waals surface area contributed by atoms with Crippen LogP contribution in [0.3, 0.4) is 0 Å². The molecule has 2 heterocycles. The molecule has 2 aromatic heterocycles. The fourth-order valence-electron chi connectivity index (χ4n) is 1.50. The van der Waals surface area contributed by atoms with Crippen LogP contribution in [0.5, 0.6) is 0 Å². The zero-order valence-corrected chi connectivity index (χ0v) is 11.4. The van der Waals surface area contributed by atoms with Crippen molar-refractivity contribution in [2.24, 2.45) is 0 Å². The summed E-state index contributed by atoms with van der Waals surface area (Å²) in [4.78, 5) is 14.3. The third kappa shape index (κ3) is 3.15. The fraction of sp³-hybridized carbons (Fsp3) is 0.300. The monoisotopic (exact) mass is 299 g/mol. The number of carbonyl (C=O) groups is 1. The largest absolute Gasteiger partial charge is 0.480 e. The first-order chi connectivity index (χ1) is 9.40. The van der Waals surface area contributed by atoms with Gasteiger partial charge in [0.05, 0.1) is 18.2 Å². The number of hydrogen-bond acceptors (Lipinski definition) is 5. The van der Waals surface area contributed by atoms with E-state index in [1.807, 2.05) is 6.92 Å². The molecule has 2 rings (SSSR count). The molecule has 9 nitrogen and oxygen atoms in total. The van der Waals surface area contributed by atoms with Gasteiger partial charge in [-0.25, -0.2) is 4.98 Å². The Bertz CT molecular complexity index is 718. The highest BCUT2D eigenvalue weighted by Crippen LogP contribution is 2.13. The molecular weight excluding hydrogens is 286 g/mol. The fourth-order valence-corrected chi connectivity index (χ4v) is 2.48. The lowest BCUT2D eigenvalue weighted by molar-refractivity contribution is -0.137. The van der Waals surface area contributed by atoms with Gasteiger partial charge in [-0.3, -0.25) is 14.2 Å². The van der Waals surface area contributed by atoms with Crippen molar-refractivity contribution in [2.75, 3.05) is 4.72 Å². The highest BCUT2D eigenvalue weighted by molar-refractivity contribution is 7.92. The van der Waals surface area contributed by atoms with Gasteiger partial charge in [0.1, 0.15) is 6.54 Å². The van der Waals surface area contributed by atoms with E-state index in [1.54, 1.807) is 4.57 Å². The number of nitrogens with zero attached hydrogens (tertiary/aromatic N) is 4. The lowest BCUT2D eigenvalue weighted by atomic mass is 10.6. The maximum atomic E-state index is 12.0. The molecule has 0 radical (unpaired) electrons. The minimum absolute atomic E-state index is 0.106. The molecule has 0 bridgehead atoms. The second kappa shape index (κ2) is 5.33. The van der Waals surface area contributed by atoms with Crippen molar-refractivity contribution < 1.29 is 18.3 Å². The standard InChI is InChI=1S/C10H13N5O4S/c1-2-14-5-9(11-7-14)20(18,19)13-8-3-12-15(4-8)6-10(16)17/h3-5,7,13H,2,6H2,1H3,(H,16,17). The van der Waals surface area contributed by atoms with E-state index >= 15 is 0 Å². The number of aromatic nitrogens is 4. The van der Waals surface area contributed by atoms with E-state index in [1.165, 1.54) is 24.9 Å². The topological polar surface area (TPSA) is 119 Å². The molecule has 0 aliphatic carbocycles. The molecule has 0 aromatic carbocycles. The molecule has 0 fully saturated rings. The summed E-state index contributed by atoms with van der Waals surface area (Å²) in [5.74, 6) is -1.07. The zero-order chi connectivity index (χ0) is 14.8. The summed E-state index contributed by atoms with van der Waals surface area (Å²) in [5, 5.41) is 12.2. The number of rotatable bonds is 6. The summed E-state index contributed by atoms with van der Waals surface area (Å²) >= 11 is 0. The van der Waals surface area contributed by atoms with Crippen LogP contribution in [0, 0.1) is 0 Å². The van der Waals surface area contributed by atoms with Gasteiger partial charge in [-0.15, -0.1) is 0 Å². The van der Waals surface area contributed by atoms with Crippen LogP contribution in [-0.2, 0) is 27.9 Å². The third-order valence-electron chi connectivity index (χ3n) is 2.43. The molecule has 0 atom stereocenters. The minimum atomic E-state index is -3.80. The first-order valence-electron chi connectivity index (χ1n) is 5.69. The number of carboxylic acids is 1. The summed E-state index contributed by atoms with van der Waals surface area (Å²) in [6.45, 7) is 2.13. The van der Waals surface area contributed by atoms with Crippen LogP contribution in [0.25, 0.3) is 0 Å². The molecule has 0 saturated carbocycles. The summed E-state index contributed by atoms with van der Waals surface area (Å²) in [7, 11) is -3.80. The zero-order valence-electron chi connectivity index (χ0n) is 10.6. The molecule has 2 N–H and O–H groups in total. The van der Waals surface area contributed by atoms with Gasteiger partial charge in [0.25, 0.3) is 10.0 Å². The second-order valence-electron chi connectivity index (χ2n) is 3.97. The molecule has 0 amide bonds. The minimum Gasteiger partial charge on any atom is -0.480 e. The average Bonchev–Trinajstić information content (AvgIpc) is 2.97. The van der Waals surface area contributed by atoms with Gasteiger partial charge in [0.15, 0.2) is 5.03 Å².